The number of nitriles is 1. The standard InChI is InChI=1S/C15H18N2O/c16-10-11-4-6-12(7-5-11)17-14-2-1-3-15-13(14)8-9-18-15/h4-7,13-15,17H,1-3,8-9H2. The van der Waals surface area contributed by atoms with E-state index in [0.29, 0.717) is 23.6 Å². The Morgan fingerprint density at radius 3 is 2.78 bits per heavy atom. The third-order valence-electron chi connectivity index (χ3n) is 4.15. The lowest BCUT2D eigenvalue weighted by Gasteiger charge is -2.33. The Bertz CT molecular complexity index is 449. The molecule has 3 rings (SSSR count). The van der Waals surface area contributed by atoms with Crippen molar-refractivity contribution < 1.29 is 4.74 Å². The molecule has 94 valence electrons. The van der Waals surface area contributed by atoms with Gasteiger partial charge in [0.15, 0.2) is 0 Å². The molecule has 1 heterocycles. The number of ether oxygens (including phenoxy) is 1. The van der Waals surface area contributed by atoms with Gasteiger partial charge in [0.25, 0.3) is 0 Å². The van der Waals surface area contributed by atoms with E-state index in [1.165, 1.54) is 25.7 Å². The molecule has 0 spiro atoms. The number of nitrogens with one attached hydrogen (secondary N) is 1. The van der Waals surface area contributed by atoms with E-state index in [9.17, 15) is 0 Å². The summed E-state index contributed by atoms with van der Waals surface area (Å²) < 4.78 is 5.78. The number of nitrogens with zero attached hydrogens (tertiary/aromatic N) is 1. The lowest BCUT2D eigenvalue weighted by Crippen LogP contribution is -2.38. The molecule has 0 radical (unpaired) electrons. The lowest BCUT2D eigenvalue weighted by atomic mass is 9.81. The van der Waals surface area contributed by atoms with Crippen LogP contribution in [0.5, 0.6) is 0 Å². The molecule has 1 aliphatic carbocycles. The van der Waals surface area contributed by atoms with E-state index in [-0.39, 0.29) is 0 Å². The summed E-state index contributed by atoms with van der Waals surface area (Å²) in [5.74, 6) is 0.661. The van der Waals surface area contributed by atoms with Gasteiger partial charge < -0.3 is 10.1 Å². The Hall–Kier alpha value is -1.53. The minimum Gasteiger partial charge on any atom is -0.382 e. The third kappa shape index (κ3) is 2.21. The van der Waals surface area contributed by atoms with Gasteiger partial charge in [0.05, 0.1) is 17.7 Å². The van der Waals surface area contributed by atoms with E-state index in [2.05, 4.69) is 11.4 Å². The first-order valence-electron chi connectivity index (χ1n) is 6.75. The molecule has 1 N–H and O–H groups in total. The largest absolute Gasteiger partial charge is 0.382 e. The second-order valence-electron chi connectivity index (χ2n) is 5.23. The van der Waals surface area contributed by atoms with E-state index in [1.807, 2.05) is 24.3 Å². The van der Waals surface area contributed by atoms with Crippen molar-refractivity contribution in [2.24, 2.45) is 5.92 Å². The monoisotopic (exact) mass is 242 g/mol. The van der Waals surface area contributed by atoms with Gasteiger partial charge in [-0.2, -0.15) is 5.26 Å². The van der Waals surface area contributed by atoms with Crippen LogP contribution in [0.3, 0.4) is 0 Å². The van der Waals surface area contributed by atoms with E-state index in [1.54, 1.807) is 0 Å². The summed E-state index contributed by atoms with van der Waals surface area (Å²) >= 11 is 0. The lowest BCUT2D eigenvalue weighted by molar-refractivity contribution is 0.0620. The van der Waals surface area contributed by atoms with Gasteiger partial charge >= 0.3 is 0 Å². The van der Waals surface area contributed by atoms with Crippen LogP contribution in [-0.2, 0) is 4.74 Å². The van der Waals surface area contributed by atoms with Crippen LogP contribution in [0.15, 0.2) is 24.3 Å². The summed E-state index contributed by atoms with van der Waals surface area (Å²) in [6, 6.07) is 10.4. The molecule has 1 aromatic carbocycles. The number of fused-ring (bicyclic) bond motifs is 1. The van der Waals surface area contributed by atoms with Crippen molar-refractivity contribution >= 4 is 5.69 Å². The van der Waals surface area contributed by atoms with Gasteiger partial charge in [0.1, 0.15) is 0 Å². The SMILES string of the molecule is N#Cc1ccc(NC2CCCC3OCCC23)cc1. The average molecular weight is 242 g/mol. The van der Waals surface area contributed by atoms with Crippen LogP contribution < -0.4 is 5.32 Å². The number of hydrogen-bond acceptors (Lipinski definition) is 3. The second-order valence-corrected chi connectivity index (χ2v) is 5.23. The zero-order valence-corrected chi connectivity index (χ0v) is 10.4. The molecule has 2 aliphatic rings. The molecule has 1 saturated carbocycles. The molecule has 18 heavy (non-hydrogen) atoms. The first-order valence-corrected chi connectivity index (χ1v) is 6.75. The van der Waals surface area contributed by atoms with Gasteiger partial charge in [0.2, 0.25) is 0 Å². The maximum Gasteiger partial charge on any atom is 0.0991 e. The Balaban J connectivity index is 1.69. The predicted molar refractivity (Wildman–Crippen MR) is 70.3 cm³/mol. The molecule has 2 fully saturated rings. The summed E-state index contributed by atoms with van der Waals surface area (Å²) in [5.41, 5.74) is 1.83. The highest BCUT2D eigenvalue weighted by Crippen LogP contribution is 2.35. The number of benzene rings is 1. The van der Waals surface area contributed by atoms with E-state index < -0.39 is 0 Å². The Labute approximate surface area is 108 Å². The van der Waals surface area contributed by atoms with E-state index in [0.717, 1.165) is 12.3 Å². The fraction of sp³-hybridized carbons (Fsp3) is 0.533. The van der Waals surface area contributed by atoms with Crippen molar-refractivity contribution in [3.05, 3.63) is 29.8 Å². The molecular formula is C15H18N2O. The third-order valence-corrected chi connectivity index (χ3v) is 4.15. The van der Waals surface area contributed by atoms with Gasteiger partial charge in [-0.05, 0) is 49.9 Å². The average Bonchev–Trinajstić information content (AvgIpc) is 2.89. The normalized spacial score (nSPS) is 30.5. The Morgan fingerprint density at radius 2 is 2.00 bits per heavy atom. The van der Waals surface area contributed by atoms with Crippen LogP contribution in [0.4, 0.5) is 5.69 Å². The fourth-order valence-corrected chi connectivity index (χ4v) is 3.21. The van der Waals surface area contributed by atoms with Gasteiger partial charge in [0, 0.05) is 24.3 Å². The molecular weight excluding hydrogens is 224 g/mol. The Kier molecular flexibility index (Phi) is 3.21. The zero-order valence-electron chi connectivity index (χ0n) is 10.4. The highest BCUT2D eigenvalue weighted by Gasteiger charge is 2.37. The van der Waals surface area contributed by atoms with Gasteiger partial charge in [-0.25, -0.2) is 0 Å². The van der Waals surface area contributed by atoms with Crippen LogP contribution in [0.2, 0.25) is 0 Å². The van der Waals surface area contributed by atoms with Crippen LogP contribution in [-0.4, -0.2) is 18.8 Å². The molecule has 3 atom stereocenters. The molecule has 1 aromatic rings. The van der Waals surface area contributed by atoms with Crippen LogP contribution in [0.25, 0.3) is 0 Å². The van der Waals surface area contributed by atoms with Crippen molar-refractivity contribution in [1.29, 1.82) is 5.26 Å². The summed E-state index contributed by atoms with van der Waals surface area (Å²) in [7, 11) is 0. The summed E-state index contributed by atoms with van der Waals surface area (Å²) in [5, 5.41) is 12.4. The van der Waals surface area contributed by atoms with Crippen molar-refractivity contribution in [2.75, 3.05) is 11.9 Å². The van der Waals surface area contributed by atoms with Crippen LogP contribution in [0, 0.1) is 17.2 Å². The van der Waals surface area contributed by atoms with E-state index >= 15 is 0 Å². The summed E-state index contributed by atoms with van der Waals surface area (Å²) in [6.45, 7) is 0.918. The molecule has 1 saturated heterocycles. The molecule has 0 amide bonds. The molecule has 1 aliphatic heterocycles. The number of rotatable bonds is 2. The first kappa shape index (κ1) is 11.6. The fourth-order valence-electron chi connectivity index (χ4n) is 3.21. The Morgan fingerprint density at radius 1 is 1.17 bits per heavy atom. The number of hydrogen-bond donors (Lipinski definition) is 1. The first-order chi connectivity index (χ1) is 8.86. The van der Waals surface area contributed by atoms with Gasteiger partial charge in [-0.1, -0.05) is 0 Å². The van der Waals surface area contributed by atoms with Crippen LogP contribution in [0.1, 0.15) is 31.2 Å². The van der Waals surface area contributed by atoms with Crippen molar-refractivity contribution in [3.8, 4) is 6.07 Å². The molecule has 0 bridgehead atoms. The van der Waals surface area contributed by atoms with E-state index in [4.69, 9.17) is 10.00 Å². The van der Waals surface area contributed by atoms with Gasteiger partial charge in [-0.15, -0.1) is 0 Å². The quantitative estimate of drug-likeness (QED) is 0.867. The minimum absolute atomic E-state index is 0.467. The van der Waals surface area contributed by atoms with Crippen LogP contribution >= 0.6 is 0 Å². The topological polar surface area (TPSA) is 45.0 Å². The maximum atomic E-state index is 8.79. The van der Waals surface area contributed by atoms with Crippen molar-refractivity contribution in [2.45, 2.75) is 37.8 Å². The van der Waals surface area contributed by atoms with Crippen molar-refractivity contribution in [1.82, 2.24) is 0 Å². The molecule has 3 unspecified atom stereocenters. The van der Waals surface area contributed by atoms with Gasteiger partial charge in [-0.3, -0.25) is 0 Å². The summed E-state index contributed by atoms with van der Waals surface area (Å²) in [4.78, 5) is 0. The highest BCUT2D eigenvalue weighted by atomic mass is 16.5. The summed E-state index contributed by atoms with van der Waals surface area (Å²) in [6.07, 6.45) is 5.34. The second kappa shape index (κ2) is 4.99. The number of anilines is 1. The predicted octanol–water partition coefficient (Wildman–Crippen LogP) is 2.93. The minimum atomic E-state index is 0.467. The zero-order chi connectivity index (χ0) is 12.4. The molecule has 3 heteroatoms. The smallest absolute Gasteiger partial charge is 0.0991 e. The highest BCUT2D eigenvalue weighted by molar-refractivity contribution is 5.48. The molecule has 0 aromatic heterocycles. The maximum absolute atomic E-state index is 8.79. The molecule has 3 nitrogen and oxygen atoms in total. The van der Waals surface area contributed by atoms with Crippen molar-refractivity contribution in [3.63, 3.8) is 0 Å².